The Morgan fingerprint density at radius 1 is 1.25 bits per heavy atom. The molecule has 0 aromatic carbocycles. The summed E-state index contributed by atoms with van der Waals surface area (Å²) >= 11 is 0. The molecule has 0 amide bonds. The lowest BCUT2D eigenvalue weighted by Crippen LogP contribution is -2.12. The maximum atomic E-state index is 5.78. The summed E-state index contributed by atoms with van der Waals surface area (Å²) in [6.45, 7) is 3.18. The van der Waals surface area contributed by atoms with Crippen LogP contribution in [-0.4, -0.2) is 16.6 Å². The van der Waals surface area contributed by atoms with Crippen LogP contribution < -0.4 is 0 Å². The quantitative estimate of drug-likeness (QED) is 0.789. The molecule has 1 aliphatic carbocycles. The number of aryl methyl sites for hydroxylation is 1. The van der Waals surface area contributed by atoms with Crippen molar-refractivity contribution in [3.63, 3.8) is 0 Å². The normalized spacial score (nSPS) is 30.1. The standard InChI is InChI=1S/C13H20N2O/c1-9-5-4-6-10-12(9)15-13(14-10)11-7-2-3-8-16-11/h9,11H,2-8H2,1H3,(H,14,15). The van der Waals surface area contributed by atoms with Crippen molar-refractivity contribution >= 4 is 0 Å². The number of hydrogen-bond donors (Lipinski definition) is 1. The van der Waals surface area contributed by atoms with E-state index in [0.717, 1.165) is 18.9 Å². The highest BCUT2D eigenvalue weighted by Crippen LogP contribution is 2.33. The zero-order chi connectivity index (χ0) is 11.0. The van der Waals surface area contributed by atoms with Gasteiger partial charge in [-0.05, 0) is 38.5 Å². The number of hydrogen-bond acceptors (Lipinski definition) is 2. The first-order chi connectivity index (χ1) is 7.84. The van der Waals surface area contributed by atoms with Gasteiger partial charge in [-0.1, -0.05) is 6.92 Å². The van der Waals surface area contributed by atoms with E-state index in [1.54, 1.807) is 0 Å². The largest absolute Gasteiger partial charge is 0.370 e. The first-order valence-electron chi connectivity index (χ1n) is 6.55. The first-order valence-corrected chi connectivity index (χ1v) is 6.55. The van der Waals surface area contributed by atoms with Gasteiger partial charge in [-0.3, -0.25) is 0 Å². The van der Waals surface area contributed by atoms with E-state index >= 15 is 0 Å². The summed E-state index contributed by atoms with van der Waals surface area (Å²) in [5.74, 6) is 1.70. The summed E-state index contributed by atoms with van der Waals surface area (Å²) in [5.41, 5.74) is 2.67. The minimum absolute atomic E-state index is 0.228. The summed E-state index contributed by atoms with van der Waals surface area (Å²) in [5, 5.41) is 0. The molecule has 2 unspecified atom stereocenters. The molecular weight excluding hydrogens is 200 g/mol. The van der Waals surface area contributed by atoms with Crippen LogP contribution in [0, 0.1) is 0 Å². The molecule has 1 aromatic rings. The predicted octanol–water partition coefficient (Wildman–Crippen LogP) is 3.09. The molecule has 88 valence electrons. The summed E-state index contributed by atoms with van der Waals surface area (Å²) < 4.78 is 5.78. The number of aromatic nitrogens is 2. The molecule has 0 bridgehead atoms. The van der Waals surface area contributed by atoms with E-state index in [9.17, 15) is 0 Å². The van der Waals surface area contributed by atoms with Gasteiger partial charge < -0.3 is 9.72 Å². The topological polar surface area (TPSA) is 37.9 Å². The lowest BCUT2D eigenvalue weighted by Gasteiger charge is -2.20. The number of ether oxygens (including phenoxy) is 1. The molecule has 3 nitrogen and oxygen atoms in total. The van der Waals surface area contributed by atoms with Gasteiger partial charge in [0.2, 0.25) is 0 Å². The Labute approximate surface area is 96.6 Å². The molecule has 3 rings (SSSR count). The zero-order valence-corrected chi connectivity index (χ0v) is 9.96. The predicted molar refractivity (Wildman–Crippen MR) is 62.5 cm³/mol. The van der Waals surface area contributed by atoms with Crippen LogP contribution in [0.25, 0.3) is 0 Å². The second kappa shape index (κ2) is 4.21. The lowest BCUT2D eigenvalue weighted by atomic mass is 9.92. The Morgan fingerprint density at radius 2 is 2.19 bits per heavy atom. The van der Waals surface area contributed by atoms with E-state index < -0.39 is 0 Å². The fraction of sp³-hybridized carbons (Fsp3) is 0.769. The first kappa shape index (κ1) is 10.3. The molecule has 0 saturated carbocycles. The number of nitrogens with one attached hydrogen (secondary N) is 1. The van der Waals surface area contributed by atoms with Crippen LogP contribution in [0.3, 0.4) is 0 Å². The van der Waals surface area contributed by atoms with Crippen molar-refractivity contribution in [3.8, 4) is 0 Å². The van der Waals surface area contributed by atoms with Gasteiger partial charge in [0.05, 0.1) is 5.69 Å². The highest BCUT2D eigenvalue weighted by molar-refractivity contribution is 5.22. The van der Waals surface area contributed by atoms with E-state index in [2.05, 4.69) is 11.9 Å². The van der Waals surface area contributed by atoms with Gasteiger partial charge in [-0.15, -0.1) is 0 Å². The van der Waals surface area contributed by atoms with Gasteiger partial charge in [-0.25, -0.2) is 4.98 Å². The molecule has 0 spiro atoms. The maximum Gasteiger partial charge on any atom is 0.135 e. The van der Waals surface area contributed by atoms with Crippen molar-refractivity contribution in [3.05, 3.63) is 17.2 Å². The van der Waals surface area contributed by atoms with E-state index in [1.165, 1.54) is 43.5 Å². The van der Waals surface area contributed by atoms with Crippen LogP contribution in [0.1, 0.15) is 68.3 Å². The monoisotopic (exact) mass is 220 g/mol. The van der Waals surface area contributed by atoms with Crippen molar-refractivity contribution in [2.24, 2.45) is 0 Å². The van der Waals surface area contributed by atoms with Gasteiger partial charge in [-0.2, -0.15) is 0 Å². The molecule has 1 aromatic heterocycles. The van der Waals surface area contributed by atoms with Crippen molar-refractivity contribution in [2.45, 2.75) is 57.5 Å². The van der Waals surface area contributed by atoms with E-state index in [1.807, 2.05) is 0 Å². The molecule has 1 aliphatic heterocycles. The molecular formula is C13H20N2O. The number of aromatic amines is 1. The minimum atomic E-state index is 0.228. The fourth-order valence-electron chi connectivity index (χ4n) is 2.87. The summed E-state index contributed by atoms with van der Waals surface area (Å²) in [4.78, 5) is 8.27. The van der Waals surface area contributed by atoms with Gasteiger partial charge >= 0.3 is 0 Å². The Morgan fingerprint density at radius 3 is 2.94 bits per heavy atom. The summed E-state index contributed by atoms with van der Waals surface area (Å²) in [6.07, 6.45) is 7.56. The van der Waals surface area contributed by atoms with E-state index in [4.69, 9.17) is 9.72 Å². The molecule has 1 N–H and O–H groups in total. The Kier molecular flexibility index (Phi) is 2.72. The van der Waals surface area contributed by atoms with Crippen LogP contribution in [0.15, 0.2) is 0 Å². The summed E-state index contributed by atoms with van der Waals surface area (Å²) in [6, 6.07) is 0. The van der Waals surface area contributed by atoms with Crippen LogP contribution in [0.4, 0.5) is 0 Å². The number of rotatable bonds is 1. The average Bonchev–Trinajstić information content (AvgIpc) is 2.76. The van der Waals surface area contributed by atoms with Crippen LogP contribution in [0.5, 0.6) is 0 Å². The smallest absolute Gasteiger partial charge is 0.135 e. The van der Waals surface area contributed by atoms with Crippen molar-refractivity contribution in [1.29, 1.82) is 0 Å². The molecule has 2 atom stereocenters. The van der Waals surface area contributed by atoms with Gasteiger partial charge in [0, 0.05) is 18.2 Å². The summed E-state index contributed by atoms with van der Waals surface area (Å²) in [7, 11) is 0. The van der Waals surface area contributed by atoms with Crippen molar-refractivity contribution < 1.29 is 4.74 Å². The van der Waals surface area contributed by atoms with Crippen LogP contribution >= 0.6 is 0 Å². The van der Waals surface area contributed by atoms with Crippen LogP contribution in [-0.2, 0) is 11.2 Å². The molecule has 0 radical (unpaired) electrons. The molecule has 2 aliphatic rings. The highest BCUT2D eigenvalue weighted by atomic mass is 16.5. The van der Waals surface area contributed by atoms with Crippen LogP contribution in [0.2, 0.25) is 0 Å². The molecule has 1 fully saturated rings. The zero-order valence-electron chi connectivity index (χ0n) is 9.96. The van der Waals surface area contributed by atoms with Gasteiger partial charge in [0.1, 0.15) is 11.9 Å². The van der Waals surface area contributed by atoms with Gasteiger partial charge in [0.15, 0.2) is 0 Å². The SMILES string of the molecule is CC1CCCc2[nH]c(C3CCCCO3)nc21. The third-order valence-electron chi connectivity index (χ3n) is 3.84. The van der Waals surface area contributed by atoms with E-state index in [-0.39, 0.29) is 6.10 Å². The Hall–Kier alpha value is -0.830. The molecule has 3 heteroatoms. The second-order valence-corrected chi connectivity index (χ2v) is 5.13. The third kappa shape index (κ3) is 1.77. The Balaban J connectivity index is 1.85. The molecule has 1 saturated heterocycles. The van der Waals surface area contributed by atoms with Crippen molar-refractivity contribution in [1.82, 2.24) is 9.97 Å². The minimum Gasteiger partial charge on any atom is -0.370 e. The fourth-order valence-corrected chi connectivity index (χ4v) is 2.87. The third-order valence-corrected chi connectivity index (χ3v) is 3.84. The second-order valence-electron chi connectivity index (χ2n) is 5.13. The van der Waals surface area contributed by atoms with Gasteiger partial charge in [0.25, 0.3) is 0 Å². The number of nitrogens with zero attached hydrogens (tertiary/aromatic N) is 1. The maximum absolute atomic E-state index is 5.78. The lowest BCUT2D eigenvalue weighted by molar-refractivity contribution is 0.00984. The number of fused-ring (bicyclic) bond motifs is 1. The Bertz CT molecular complexity index is 366. The molecule has 16 heavy (non-hydrogen) atoms. The van der Waals surface area contributed by atoms with Crippen molar-refractivity contribution in [2.75, 3.05) is 6.61 Å². The van der Waals surface area contributed by atoms with E-state index in [0.29, 0.717) is 5.92 Å². The number of H-pyrrole nitrogens is 1. The molecule has 2 heterocycles. The number of imidazole rings is 1. The highest BCUT2D eigenvalue weighted by Gasteiger charge is 2.25. The average molecular weight is 220 g/mol.